The van der Waals surface area contributed by atoms with E-state index in [-0.39, 0.29) is 5.91 Å². The summed E-state index contributed by atoms with van der Waals surface area (Å²) in [6.45, 7) is 4.42. The predicted molar refractivity (Wildman–Crippen MR) is 94.6 cm³/mol. The normalized spacial score (nSPS) is 15.9. The van der Waals surface area contributed by atoms with Gasteiger partial charge < -0.3 is 10.6 Å². The number of carbonyl (C=O) groups excluding carboxylic acids is 1. The number of carbonyl (C=O) groups is 1. The zero-order valence-electron chi connectivity index (χ0n) is 14.3. The van der Waals surface area contributed by atoms with Gasteiger partial charge in [-0.05, 0) is 57.1 Å². The number of hydrogen-bond donors (Lipinski definition) is 2. The molecule has 6 heteroatoms. The summed E-state index contributed by atoms with van der Waals surface area (Å²) >= 11 is 0. The van der Waals surface area contributed by atoms with Crippen LogP contribution in [0.15, 0.2) is 30.3 Å². The minimum absolute atomic E-state index is 0.0963. The Bertz CT molecular complexity index is 686. The summed E-state index contributed by atoms with van der Waals surface area (Å²) < 4.78 is 0. The van der Waals surface area contributed by atoms with Crippen LogP contribution in [0, 0.1) is 6.92 Å². The fraction of sp³-hybridized carbons (Fsp3) is 0.444. The number of likely N-dealkylation sites (tertiary alicyclic amines) is 1. The first kappa shape index (κ1) is 16.5. The molecule has 0 unspecified atom stereocenters. The first-order valence-corrected chi connectivity index (χ1v) is 8.39. The highest BCUT2D eigenvalue weighted by Gasteiger charge is 2.26. The van der Waals surface area contributed by atoms with E-state index in [1.54, 1.807) is 24.3 Å². The van der Waals surface area contributed by atoms with Gasteiger partial charge in [0.2, 0.25) is 0 Å². The number of H-pyrrole nitrogens is 1. The number of aromatic nitrogens is 2. The van der Waals surface area contributed by atoms with Gasteiger partial charge in [0.1, 0.15) is 0 Å². The number of anilines is 1. The van der Waals surface area contributed by atoms with Crippen molar-refractivity contribution >= 4 is 11.6 Å². The number of aromatic amines is 1. The lowest BCUT2D eigenvalue weighted by molar-refractivity contribution is 0.0638. The van der Waals surface area contributed by atoms with Crippen molar-refractivity contribution < 1.29 is 4.79 Å². The number of nitrogens with zero attached hydrogens (tertiary/aromatic N) is 3. The van der Waals surface area contributed by atoms with E-state index in [2.05, 4.69) is 28.2 Å². The van der Waals surface area contributed by atoms with Crippen LogP contribution >= 0.6 is 0 Å². The Labute approximate surface area is 142 Å². The maximum absolute atomic E-state index is 12.5. The van der Waals surface area contributed by atoms with E-state index in [9.17, 15) is 4.79 Å². The Hall–Kier alpha value is -2.34. The minimum atomic E-state index is 0.0963. The van der Waals surface area contributed by atoms with E-state index < -0.39 is 0 Å². The minimum Gasteiger partial charge on any atom is -0.399 e. The van der Waals surface area contributed by atoms with Gasteiger partial charge in [-0.2, -0.15) is 5.10 Å². The van der Waals surface area contributed by atoms with Gasteiger partial charge in [-0.15, -0.1) is 0 Å². The molecule has 1 aliphatic heterocycles. The quantitative estimate of drug-likeness (QED) is 0.842. The predicted octanol–water partition coefficient (Wildman–Crippen LogP) is 2.04. The fourth-order valence-electron chi connectivity index (χ4n) is 3.26. The Morgan fingerprint density at radius 1 is 1.33 bits per heavy atom. The molecule has 0 atom stereocenters. The first-order chi connectivity index (χ1) is 11.5. The second-order valence-corrected chi connectivity index (χ2v) is 6.60. The van der Waals surface area contributed by atoms with Gasteiger partial charge >= 0.3 is 0 Å². The molecular weight excluding hydrogens is 302 g/mol. The Kier molecular flexibility index (Phi) is 4.85. The highest BCUT2D eigenvalue weighted by Crippen LogP contribution is 2.19. The molecule has 0 bridgehead atoms. The molecule has 3 rings (SSSR count). The van der Waals surface area contributed by atoms with Crippen LogP contribution in [-0.2, 0) is 6.54 Å². The van der Waals surface area contributed by atoms with Crippen molar-refractivity contribution in [3.8, 4) is 0 Å². The van der Waals surface area contributed by atoms with E-state index in [1.807, 2.05) is 11.8 Å². The summed E-state index contributed by atoms with van der Waals surface area (Å²) in [5.41, 5.74) is 9.23. The zero-order chi connectivity index (χ0) is 17.1. The second kappa shape index (κ2) is 7.05. The topological polar surface area (TPSA) is 78.2 Å². The van der Waals surface area contributed by atoms with Gasteiger partial charge in [-0.3, -0.25) is 14.8 Å². The van der Waals surface area contributed by atoms with Crippen LogP contribution in [0.4, 0.5) is 5.69 Å². The molecule has 6 nitrogen and oxygen atoms in total. The van der Waals surface area contributed by atoms with Gasteiger partial charge in [0.05, 0.1) is 5.69 Å². The van der Waals surface area contributed by atoms with Crippen molar-refractivity contribution in [2.45, 2.75) is 32.4 Å². The molecule has 1 aromatic heterocycles. The number of amides is 1. The highest BCUT2D eigenvalue weighted by atomic mass is 16.2. The Morgan fingerprint density at radius 2 is 2.00 bits per heavy atom. The monoisotopic (exact) mass is 327 g/mol. The van der Waals surface area contributed by atoms with Crippen LogP contribution in [-0.4, -0.2) is 52.1 Å². The van der Waals surface area contributed by atoms with Gasteiger partial charge in [0, 0.05) is 42.6 Å². The molecule has 0 radical (unpaired) electrons. The lowest BCUT2D eigenvalue weighted by atomic mass is 10.0. The summed E-state index contributed by atoms with van der Waals surface area (Å²) in [5, 5.41) is 7.28. The van der Waals surface area contributed by atoms with Crippen molar-refractivity contribution in [2.24, 2.45) is 0 Å². The molecule has 0 aliphatic carbocycles. The lowest BCUT2D eigenvalue weighted by Crippen LogP contribution is -2.45. The summed E-state index contributed by atoms with van der Waals surface area (Å²) in [4.78, 5) is 16.8. The highest BCUT2D eigenvalue weighted by molar-refractivity contribution is 5.94. The molecule has 2 aromatic rings. The van der Waals surface area contributed by atoms with Crippen LogP contribution in [0.25, 0.3) is 0 Å². The van der Waals surface area contributed by atoms with Crippen molar-refractivity contribution in [2.75, 3.05) is 25.9 Å². The van der Waals surface area contributed by atoms with Gasteiger partial charge in [-0.1, -0.05) is 0 Å². The molecule has 0 saturated carbocycles. The molecule has 24 heavy (non-hydrogen) atoms. The second-order valence-electron chi connectivity index (χ2n) is 6.60. The van der Waals surface area contributed by atoms with E-state index >= 15 is 0 Å². The number of nitrogens with two attached hydrogens (primary N) is 1. The molecule has 3 N–H and O–H groups in total. The average Bonchev–Trinajstić information content (AvgIpc) is 3.00. The standard InChI is InChI=1S/C18H25N5O/c1-13-11-16(21-20-13)12-22(2)17-7-9-23(10-8-17)18(24)14-3-5-15(19)6-4-14/h3-6,11,17H,7-10,12,19H2,1-2H3,(H,20,21). The third-order valence-electron chi connectivity index (χ3n) is 4.70. The third-order valence-corrected chi connectivity index (χ3v) is 4.70. The SMILES string of the molecule is Cc1cc(CN(C)C2CCN(C(=O)c3ccc(N)cc3)CC2)n[nH]1. The van der Waals surface area contributed by atoms with Gasteiger partial charge in [-0.25, -0.2) is 0 Å². The van der Waals surface area contributed by atoms with Gasteiger partial charge in [0.15, 0.2) is 0 Å². The maximum Gasteiger partial charge on any atom is 0.253 e. The van der Waals surface area contributed by atoms with E-state index in [1.165, 1.54) is 0 Å². The van der Waals surface area contributed by atoms with Gasteiger partial charge in [0.25, 0.3) is 5.91 Å². The zero-order valence-corrected chi connectivity index (χ0v) is 14.3. The smallest absolute Gasteiger partial charge is 0.253 e. The fourth-order valence-corrected chi connectivity index (χ4v) is 3.26. The number of rotatable bonds is 4. The van der Waals surface area contributed by atoms with Crippen LogP contribution in [0.5, 0.6) is 0 Å². The lowest BCUT2D eigenvalue weighted by Gasteiger charge is -2.36. The van der Waals surface area contributed by atoms with Crippen LogP contribution < -0.4 is 5.73 Å². The van der Waals surface area contributed by atoms with Crippen molar-refractivity contribution in [3.63, 3.8) is 0 Å². The molecule has 128 valence electrons. The number of nitrogens with one attached hydrogen (secondary N) is 1. The van der Waals surface area contributed by atoms with E-state index in [0.717, 1.165) is 43.9 Å². The molecule has 2 heterocycles. The van der Waals surface area contributed by atoms with E-state index in [0.29, 0.717) is 17.3 Å². The van der Waals surface area contributed by atoms with Crippen molar-refractivity contribution in [1.82, 2.24) is 20.0 Å². The summed E-state index contributed by atoms with van der Waals surface area (Å²) in [5.74, 6) is 0.0963. The van der Waals surface area contributed by atoms with Crippen LogP contribution in [0.2, 0.25) is 0 Å². The summed E-state index contributed by atoms with van der Waals surface area (Å²) in [6, 6.07) is 9.72. The summed E-state index contributed by atoms with van der Waals surface area (Å²) in [6.07, 6.45) is 1.97. The molecule has 1 amide bonds. The van der Waals surface area contributed by atoms with Crippen molar-refractivity contribution in [1.29, 1.82) is 0 Å². The number of nitrogen functional groups attached to an aromatic ring is 1. The average molecular weight is 327 g/mol. The number of piperidine rings is 1. The number of benzene rings is 1. The molecule has 0 spiro atoms. The summed E-state index contributed by atoms with van der Waals surface area (Å²) in [7, 11) is 2.13. The molecule has 1 aliphatic rings. The van der Waals surface area contributed by atoms with Crippen LogP contribution in [0.1, 0.15) is 34.6 Å². The number of hydrogen-bond acceptors (Lipinski definition) is 4. The third kappa shape index (κ3) is 3.76. The molecule has 1 fully saturated rings. The van der Waals surface area contributed by atoms with Crippen LogP contribution in [0.3, 0.4) is 0 Å². The number of aryl methyl sites for hydroxylation is 1. The maximum atomic E-state index is 12.5. The van der Waals surface area contributed by atoms with Crippen molar-refractivity contribution in [3.05, 3.63) is 47.3 Å². The molecular formula is C18H25N5O. The Morgan fingerprint density at radius 3 is 2.58 bits per heavy atom. The molecule has 1 aromatic carbocycles. The first-order valence-electron chi connectivity index (χ1n) is 8.39. The molecule has 1 saturated heterocycles. The largest absolute Gasteiger partial charge is 0.399 e. The Balaban J connectivity index is 1.53. The van der Waals surface area contributed by atoms with E-state index in [4.69, 9.17) is 5.73 Å².